The van der Waals surface area contributed by atoms with Gasteiger partial charge in [-0.2, -0.15) is 0 Å². The number of carbonyl (C=O) groups excluding carboxylic acids is 1. The summed E-state index contributed by atoms with van der Waals surface area (Å²) >= 11 is 0. The van der Waals surface area contributed by atoms with Crippen LogP contribution in [-0.4, -0.2) is 29.2 Å². The highest BCUT2D eigenvalue weighted by atomic mass is 16.6. The van der Waals surface area contributed by atoms with Crippen molar-refractivity contribution in [1.29, 1.82) is 0 Å². The molecule has 2 fully saturated rings. The Morgan fingerprint density at radius 3 is 2.56 bits per heavy atom. The van der Waals surface area contributed by atoms with Crippen molar-refractivity contribution in [2.45, 2.75) is 64.5 Å². The highest BCUT2D eigenvalue weighted by Crippen LogP contribution is 2.37. The lowest BCUT2D eigenvalue weighted by Crippen LogP contribution is -2.40. The van der Waals surface area contributed by atoms with Gasteiger partial charge in [-0.15, -0.1) is 0 Å². The fourth-order valence-corrected chi connectivity index (χ4v) is 2.38. The van der Waals surface area contributed by atoms with E-state index in [9.17, 15) is 4.79 Å². The van der Waals surface area contributed by atoms with Gasteiger partial charge in [0.1, 0.15) is 5.60 Å². The maximum absolute atomic E-state index is 12.0. The fourth-order valence-electron chi connectivity index (χ4n) is 2.38. The molecule has 3 nitrogen and oxygen atoms in total. The second kappa shape index (κ2) is 4.27. The number of hydrogen-bond acceptors (Lipinski definition) is 2. The molecule has 1 atom stereocenters. The van der Waals surface area contributed by atoms with Crippen molar-refractivity contribution in [3.63, 3.8) is 0 Å². The second-order valence-electron chi connectivity index (χ2n) is 6.15. The summed E-state index contributed by atoms with van der Waals surface area (Å²) in [4.78, 5) is 13.9. The lowest BCUT2D eigenvalue weighted by atomic mass is 10.1. The number of hydrogen-bond donors (Lipinski definition) is 0. The molecule has 0 N–H and O–H groups in total. The predicted octanol–water partition coefficient (Wildman–Crippen LogP) is 3.19. The van der Waals surface area contributed by atoms with Gasteiger partial charge < -0.3 is 9.64 Å². The van der Waals surface area contributed by atoms with Crippen LogP contribution in [0.1, 0.15) is 52.9 Å². The van der Waals surface area contributed by atoms with Crippen LogP contribution in [0.25, 0.3) is 0 Å². The number of likely N-dealkylation sites (tertiary alicyclic amines) is 1. The molecule has 2 rings (SSSR count). The standard InChI is InChI=1S/C13H23NO2/c1-13(2,3)16-12(15)14-8-4-5-11(14)9-10-6-7-10/h10-11H,4-9H2,1-3H3. The molecule has 1 heterocycles. The van der Waals surface area contributed by atoms with E-state index in [1.54, 1.807) is 0 Å². The van der Waals surface area contributed by atoms with E-state index in [1.165, 1.54) is 19.3 Å². The quantitative estimate of drug-likeness (QED) is 0.722. The minimum Gasteiger partial charge on any atom is -0.444 e. The molecule has 0 radical (unpaired) electrons. The van der Waals surface area contributed by atoms with Crippen molar-refractivity contribution in [1.82, 2.24) is 4.90 Å². The lowest BCUT2D eigenvalue weighted by Gasteiger charge is -2.28. The Hall–Kier alpha value is -0.730. The Labute approximate surface area is 98.1 Å². The minimum atomic E-state index is -0.371. The van der Waals surface area contributed by atoms with Crippen molar-refractivity contribution >= 4 is 6.09 Å². The van der Waals surface area contributed by atoms with Crippen LogP contribution in [-0.2, 0) is 4.74 Å². The Morgan fingerprint density at radius 2 is 2.00 bits per heavy atom. The number of carbonyl (C=O) groups is 1. The second-order valence-corrected chi connectivity index (χ2v) is 6.15. The normalized spacial score (nSPS) is 25.9. The fraction of sp³-hybridized carbons (Fsp3) is 0.923. The molecule has 16 heavy (non-hydrogen) atoms. The van der Waals surface area contributed by atoms with Gasteiger partial charge in [-0.1, -0.05) is 12.8 Å². The summed E-state index contributed by atoms with van der Waals surface area (Å²) < 4.78 is 5.44. The molecular weight excluding hydrogens is 202 g/mol. The third-order valence-electron chi connectivity index (χ3n) is 3.31. The molecule has 0 aromatic carbocycles. The highest BCUT2D eigenvalue weighted by Gasteiger charge is 2.35. The first-order valence-electron chi connectivity index (χ1n) is 6.45. The maximum Gasteiger partial charge on any atom is 0.410 e. The molecule has 0 spiro atoms. The van der Waals surface area contributed by atoms with E-state index in [2.05, 4.69) is 0 Å². The Morgan fingerprint density at radius 1 is 1.31 bits per heavy atom. The summed E-state index contributed by atoms with van der Waals surface area (Å²) in [5, 5.41) is 0. The summed E-state index contributed by atoms with van der Waals surface area (Å²) in [6.07, 6.45) is 6.10. The number of rotatable bonds is 2. The maximum atomic E-state index is 12.0. The number of ether oxygens (including phenoxy) is 1. The van der Waals surface area contributed by atoms with Crippen LogP contribution < -0.4 is 0 Å². The topological polar surface area (TPSA) is 29.5 Å². The molecule has 0 aromatic rings. The molecule has 1 saturated carbocycles. The van der Waals surface area contributed by atoms with Crippen molar-refractivity contribution in [3.05, 3.63) is 0 Å². The molecule has 1 unspecified atom stereocenters. The van der Waals surface area contributed by atoms with Gasteiger partial charge in [-0.05, 0) is 46.0 Å². The largest absolute Gasteiger partial charge is 0.444 e. The average Bonchev–Trinajstić information content (AvgIpc) is 2.78. The van der Waals surface area contributed by atoms with Gasteiger partial charge in [-0.25, -0.2) is 4.79 Å². The van der Waals surface area contributed by atoms with Gasteiger partial charge in [0.15, 0.2) is 0 Å². The molecule has 1 amide bonds. The van der Waals surface area contributed by atoms with Crippen LogP contribution >= 0.6 is 0 Å². The van der Waals surface area contributed by atoms with Crippen molar-refractivity contribution in [2.24, 2.45) is 5.92 Å². The molecule has 1 aliphatic carbocycles. The molecule has 1 saturated heterocycles. The Kier molecular flexibility index (Phi) is 3.13. The summed E-state index contributed by atoms with van der Waals surface area (Å²) in [5.41, 5.74) is -0.371. The van der Waals surface area contributed by atoms with Crippen LogP contribution in [0.5, 0.6) is 0 Å². The molecule has 2 aliphatic rings. The van der Waals surface area contributed by atoms with Gasteiger partial charge in [0.2, 0.25) is 0 Å². The van der Waals surface area contributed by atoms with Gasteiger partial charge in [0, 0.05) is 12.6 Å². The first-order chi connectivity index (χ1) is 7.46. The van der Waals surface area contributed by atoms with Gasteiger partial charge in [0.05, 0.1) is 0 Å². The third-order valence-corrected chi connectivity index (χ3v) is 3.31. The SMILES string of the molecule is CC(C)(C)OC(=O)N1CCCC1CC1CC1. The predicted molar refractivity (Wildman–Crippen MR) is 63.3 cm³/mol. The van der Waals surface area contributed by atoms with Crippen LogP contribution in [0.3, 0.4) is 0 Å². The third kappa shape index (κ3) is 3.13. The summed E-state index contributed by atoms with van der Waals surface area (Å²) in [7, 11) is 0. The lowest BCUT2D eigenvalue weighted by molar-refractivity contribution is 0.0216. The monoisotopic (exact) mass is 225 g/mol. The average molecular weight is 225 g/mol. The first-order valence-corrected chi connectivity index (χ1v) is 6.45. The molecule has 0 bridgehead atoms. The number of amides is 1. The summed E-state index contributed by atoms with van der Waals surface area (Å²) in [5.74, 6) is 0.882. The number of nitrogens with zero attached hydrogens (tertiary/aromatic N) is 1. The van der Waals surface area contributed by atoms with Gasteiger partial charge in [0.25, 0.3) is 0 Å². The van der Waals surface area contributed by atoms with Crippen LogP contribution in [0, 0.1) is 5.92 Å². The smallest absolute Gasteiger partial charge is 0.410 e. The molecule has 92 valence electrons. The molecular formula is C13H23NO2. The van der Waals surface area contributed by atoms with Crippen molar-refractivity contribution < 1.29 is 9.53 Å². The van der Waals surface area contributed by atoms with E-state index >= 15 is 0 Å². The zero-order valence-corrected chi connectivity index (χ0v) is 10.7. The Bertz CT molecular complexity index is 266. The van der Waals surface area contributed by atoms with E-state index in [-0.39, 0.29) is 11.7 Å². The highest BCUT2D eigenvalue weighted by molar-refractivity contribution is 5.68. The van der Waals surface area contributed by atoms with E-state index in [4.69, 9.17) is 4.74 Å². The van der Waals surface area contributed by atoms with Gasteiger partial charge in [-0.3, -0.25) is 0 Å². The summed E-state index contributed by atoms with van der Waals surface area (Å²) in [6.45, 7) is 6.66. The van der Waals surface area contributed by atoms with Crippen molar-refractivity contribution in [3.8, 4) is 0 Å². The Balaban J connectivity index is 1.88. The summed E-state index contributed by atoms with van der Waals surface area (Å²) in [6, 6.07) is 0.447. The van der Waals surface area contributed by atoms with Crippen LogP contribution in [0.15, 0.2) is 0 Å². The van der Waals surface area contributed by atoms with Crippen molar-refractivity contribution in [2.75, 3.05) is 6.54 Å². The van der Waals surface area contributed by atoms with Crippen LogP contribution in [0.2, 0.25) is 0 Å². The zero-order chi connectivity index (χ0) is 11.8. The van der Waals surface area contributed by atoms with Gasteiger partial charge >= 0.3 is 6.09 Å². The van der Waals surface area contributed by atoms with Crippen LogP contribution in [0.4, 0.5) is 4.79 Å². The molecule has 3 heteroatoms. The van der Waals surface area contributed by atoms with E-state index in [0.29, 0.717) is 6.04 Å². The minimum absolute atomic E-state index is 0.115. The van der Waals surface area contributed by atoms with E-state index in [0.717, 1.165) is 25.3 Å². The zero-order valence-electron chi connectivity index (χ0n) is 10.7. The first kappa shape index (κ1) is 11.7. The van der Waals surface area contributed by atoms with E-state index in [1.807, 2.05) is 25.7 Å². The van der Waals surface area contributed by atoms with E-state index < -0.39 is 0 Å². The molecule has 0 aromatic heterocycles. The molecule has 1 aliphatic heterocycles.